The van der Waals surface area contributed by atoms with Gasteiger partial charge in [0.2, 0.25) is 0 Å². The van der Waals surface area contributed by atoms with E-state index in [1.807, 2.05) is 44.2 Å². The summed E-state index contributed by atoms with van der Waals surface area (Å²) in [6, 6.07) is 7.90. The summed E-state index contributed by atoms with van der Waals surface area (Å²) in [7, 11) is -4.28. The summed E-state index contributed by atoms with van der Waals surface area (Å²) >= 11 is 0.944. The fourth-order valence-corrected chi connectivity index (χ4v) is 10.8. The molecule has 0 aliphatic heterocycles. The van der Waals surface area contributed by atoms with Crippen LogP contribution in [0.15, 0.2) is 29.8 Å². The molecule has 5 unspecified atom stereocenters. The van der Waals surface area contributed by atoms with Gasteiger partial charge < -0.3 is 0 Å². The van der Waals surface area contributed by atoms with E-state index in [2.05, 4.69) is 23.2 Å². The maximum Gasteiger partial charge on any atom is 0.265 e. The van der Waals surface area contributed by atoms with Gasteiger partial charge in [0.1, 0.15) is 5.78 Å². The van der Waals surface area contributed by atoms with Crippen LogP contribution in [0.4, 0.5) is 0 Å². The Morgan fingerprint density at radius 3 is 2.32 bits per heavy atom. The Bertz CT molecular complexity index is 1280. The summed E-state index contributed by atoms with van der Waals surface area (Å²) in [6.07, 6.45) is 5.46. The average Bonchev–Trinajstić information content (AvgIpc) is 3.34. The first-order valence-electron chi connectivity index (χ1n) is 13.1. The summed E-state index contributed by atoms with van der Waals surface area (Å²) in [5.41, 5.74) is 0.389. The summed E-state index contributed by atoms with van der Waals surface area (Å²) < 4.78 is 37.8. The molecule has 4 bridgehead atoms. The molecule has 38 heavy (non-hydrogen) atoms. The van der Waals surface area contributed by atoms with Crippen LogP contribution >= 0.6 is 12.0 Å². The standard InChI is InChI=1S/C28H36O8S2/c1-25(2)21-9-11-27(25,15-37-36-35-31)23(29)19(21)13-17-5-7-18(8-6-17)14-20-22-10-12-28(24(20)30,26(22,3)4)16-38(32,33)34/h5-8,13,20-22,31H,9-12,14-16H2,1-4H3,(H,32,33,34)/b19-13+. The van der Waals surface area contributed by atoms with E-state index in [1.54, 1.807) is 0 Å². The highest BCUT2D eigenvalue weighted by Crippen LogP contribution is 2.68. The molecule has 0 saturated heterocycles. The van der Waals surface area contributed by atoms with Crippen LogP contribution in [0.3, 0.4) is 0 Å². The molecule has 208 valence electrons. The van der Waals surface area contributed by atoms with Gasteiger partial charge in [-0.05, 0) is 72.0 Å². The number of fused-ring (bicyclic) bond motifs is 4. The predicted octanol–water partition coefficient (Wildman–Crippen LogP) is 5.20. The molecule has 0 amide bonds. The predicted molar refractivity (Wildman–Crippen MR) is 143 cm³/mol. The van der Waals surface area contributed by atoms with Crippen molar-refractivity contribution in [2.75, 3.05) is 11.5 Å². The Labute approximate surface area is 228 Å². The zero-order valence-corrected chi connectivity index (χ0v) is 23.9. The lowest BCUT2D eigenvalue weighted by atomic mass is 9.70. The molecule has 4 fully saturated rings. The topological polar surface area (TPSA) is 127 Å². The second kappa shape index (κ2) is 9.24. The Morgan fingerprint density at radius 1 is 1.03 bits per heavy atom. The van der Waals surface area contributed by atoms with E-state index in [0.717, 1.165) is 48.0 Å². The van der Waals surface area contributed by atoms with Crippen molar-refractivity contribution in [3.05, 3.63) is 41.0 Å². The number of carbonyl (C=O) groups excluding carboxylic acids is 2. The van der Waals surface area contributed by atoms with Gasteiger partial charge in [0.15, 0.2) is 5.78 Å². The minimum Gasteiger partial charge on any atom is -0.299 e. The fraction of sp³-hybridized carbons (Fsp3) is 0.643. The van der Waals surface area contributed by atoms with Crippen LogP contribution in [0.1, 0.15) is 64.5 Å². The Balaban J connectivity index is 1.34. The number of hydrogen-bond donors (Lipinski definition) is 2. The van der Waals surface area contributed by atoms with Gasteiger partial charge in [-0.2, -0.15) is 8.42 Å². The number of allylic oxidation sites excluding steroid dienone is 1. The van der Waals surface area contributed by atoms with Gasteiger partial charge in [-0.25, -0.2) is 5.26 Å². The van der Waals surface area contributed by atoms with E-state index in [-0.39, 0.29) is 34.7 Å². The van der Waals surface area contributed by atoms with Gasteiger partial charge in [0.05, 0.1) is 16.6 Å². The Hall–Kier alpha value is -1.56. The fourth-order valence-electron chi connectivity index (χ4n) is 8.61. The smallest absolute Gasteiger partial charge is 0.265 e. The third kappa shape index (κ3) is 3.97. The monoisotopic (exact) mass is 564 g/mol. The van der Waals surface area contributed by atoms with Gasteiger partial charge in [-0.1, -0.05) is 57.0 Å². The number of rotatable bonds is 9. The summed E-state index contributed by atoms with van der Waals surface area (Å²) in [4.78, 5) is 27.1. The van der Waals surface area contributed by atoms with E-state index >= 15 is 0 Å². The zero-order chi connectivity index (χ0) is 27.7. The molecule has 4 aliphatic rings. The summed E-state index contributed by atoms with van der Waals surface area (Å²) in [5, 5.41) is 12.2. The number of Topliss-reactive ketones (excluding diaryl/α,β-unsaturated/α-hetero) is 2. The van der Waals surface area contributed by atoms with Crippen LogP contribution in [0.25, 0.3) is 6.08 Å². The normalized spacial score (nSPS) is 36.1. The molecule has 0 spiro atoms. The minimum absolute atomic E-state index is 0.0453. The van der Waals surface area contributed by atoms with Crippen molar-refractivity contribution in [2.45, 2.75) is 59.8 Å². The molecule has 1 aromatic rings. The maximum absolute atomic E-state index is 13.6. The van der Waals surface area contributed by atoms with Crippen molar-refractivity contribution in [2.24, 2.45) is 39.4 Å². The van der Waals surface area contributed by atoms with Crippen LogP contribution in [-0.4, -0.2) is 41.3 Å². The first-order chi connectivity index (χ1) is 17.7. The highest BCUT2D eigenvalue weighted by atomic mass is 32.2. The molecule has 5 rings (SSSR count). The quantitative estimate of drug-likeness (QED) is 0.104. The van der Waals surface area contributed by atoms with Crippen molar-refractivity contribution < 1.29 is 37.2 Å². The molecule has 8 nitrogen and oxygen atoms in total. The van der Waals surface area contributed by atoms with E-state index in [9.17, 15) is 22.6 Å². The van der Waals surface area contributed by atoms with Gasteiger partial charge in [0.25, 0.3) is 10.1 Å². The van der Waals surface area contributed by atoms with Crippen LogP contribution < -0.4 is 0 Å². The highest BCUT2D eigenvalue weighted by molar-refractivity contribution is 7.94. The lowest BCUT2D eigenvalue weighted by molar-refractivity contribution is -0.432. The Morgan fingerprint density at radius 2 is 1.68 bits per heavy atom. The van der Waals surface area contributed by atoms with E-state index < -0.39 is 32.1 Å². The van der Waals surface area contributed by atoms with Crippen molar-refractivity contribution >= 4 is 39.8 Å². The number of carbonyl (C=O) groups is 2. The molecule has 0 aromatic heterocycles. The van der Waals surface area contributed by atoms with E-state index in [1.165, 1.54) is 0 Å². The molecule has 0 radical (unpaired) electrons. The van der Waals surface area contributed by atoms with Gasteiger partial charge in [-0.15, -0.1) is 4.33 Å². The summed E-state index contributed by atoms with van der Waals surface area (Å²) in [5.74, 6) is -0.0965. The van der Waals surface area contributed by atoms with Gasteiger partial charge >= 0.3 is 0 Å². The average molecular weight is 565 g/mol. The van der Waals surface area contributed by atoms with Crippen molar-refractivity contribution in [1.29, 1.82) is 0 Å². The lowest BCUT2D eigenvalue weighted by Gasteiger charge is -2.35. The molecule has 10 heteroatoms. The van der Waals surface area contributed by atoms with Crippen LogP contribution in [0.2, 0.25) is 0 Å². The number of hydrogen-bond acceptors (Lipinski definition) is 8. The van der Waals surface area contributed by atoms with Gasteiger partial charge in [-0.3, -0.25) is 14.1 Å². The van der Waals surface area contributed by atoms with Crippen LogP contribution in [0, 0.1) is 39.4 Å². The van der Waals surface area contributed by atoms with E-state index in [0.29, 0.717) is 18.6 Å². The second-order valence-corrected chi connectivity index (χ2v) is 14.9. The lowest BCUT2D eigenvalue weighted by Crippen LogP contribution is -2.43. The van der Waals surface area contributed by atoms with E-state index in [4.69, 9.17) is 5.26 Å². The minimum atomic E-state index is -4.28. The zero-order valence-electron chi connectivity index (χ0n) is 22.2. The third-order valence-corrected chi connectivity index (χ3v) is 12.6. The maximum atomic E-state index is 13.6. The molecule has 4 saturated carbocycles. The largest absolute Gasteiger partial charge is 0.299 e. The molecule has 5 atom stereocenters. The van der Waals surface area contributed by atoms with Crippen LogP contribution in [-0.2, 0) is 35.5 Å². The SMILES string of the molecule is CC1(C)C2CCC1(CSOOO)C(=O)/C2=C/c1ccc(CC2C(=O)C3(CS(=O)(=O)O)CCC2C3(C)C)cc1. The number of ketones is 2. The molecule has 0 heterocycles. The number of benzene rings is 1. The third-order valence-electron chi connectivity index (χ3n) is 10.9. The van der Waals surface area contributed by atoms with Crippen molar-refractivity contribution in [1.82, 2.24) is 0 Å². The van der Waals surface area contributed by atoms with Gasteiger partial charge in [0, 0.05) is 29.3 Å². The van der Waals surface area contributed by atoms with Crippen molar-refractivity contribution in [3.63, 3.8) is 0 Å². The molecule has 4 aliphatic carbocycles. The first-order valence-corrected chi connectivity index (χ1v) is 15.7. The molecule has 1 aromatic carbocycles. The second-order valence-electron chi connectivity index (χ2n) is 12.8. The summed E-state index contributed by atoms with van der Waals surface area (Å²) in [6.45, 7) is 8.17. The van der Waals surface area contributed by atoms with Crippen LogP contribution in [0.5, 0.6) is 0 Å². The highest BCUT2D eigenvalue weighted by Gasteiger charge is 2.69. The Kier molecular flexibility index (Phi) is 6.81. The first kappa shape index (κ1) is 28.0. The molecule has 2 N–H and O–H groups in total. The molecular formula is C28H36O8S2. The van der Waals surface area contributed by atoms with Crippen molar-refractivity contribution in [3.8, 4) is 0 Å². The molecular weight excluding hydrogens is 528 g/mol.